The Bertz CT molecular complexity index is 838. The van der Waals surface area contributed by atoms with Crippen LogP contribution < -0.4 is 10.2 Å². The highest BCUT2D eigenvalue weighted by atomic mass is 35.5. The highest BCUT2D eigenvalue weighted by Crippen LogP contribution is 2.28. The summed E-state index contributed by atoms with van der Waals surface area (Å²) >= 11 is 5.80. The second-order valence-electron chi connectivity index (χ2n) is 5.68. The number of nitro groups is 1. The molecule has 1 aliphatic rings. The molecule has 0 aromatic heterocycles. The van der Waals surface area contributed by atoms with Crippen molar-refractivity contribution in [1.29, 1.82) is 0 Å². The SMILES string of the molecule is O=C(Nc1ccc(Cl)cc1)[C@@H]1CC(=O)N(c2cccc([N+](=O)[O-])c2)C1. The second-order valence-corrected chi connectivity index (χ2v) is 6.11. The number of nitrogens with one attached hydrogen (secondary N) is 1. The average Bonchev–Trinajstić information content (AvgIpc) is 2.99. The van der Waals surface area contributed by atoms with Crippen molar-refractivity contribution >= 4 is 40.5 Å². The van der Waals surface area contributed by atoms with E-state index < -0.39 is 10.8 Å². The van der Waals surface area contributed by atoms with E-state index in [1.54, 1.807) is 30.3 Å². The molecule has 0 unspecified atom stereocenters. The van der Waals surface area contributed by atoms with Gasteiger partial charge in [0.25, 0.3) is 5.69 Å². The Morgan fingerprint density at radius 3 is 2.64 bits per heavy atom. The van der Waals surface area contributed by atoms with Gasteiger partial charge in [-0.25, -0.2) is 0 Å². The molecule has 1 N–H and O–H groups in total. The van der Waals surface area contributed by atoms with Crippen molar-refractivity contribution in [2.75, 3.05) is 16.8 Å². The van der Waals surface area contributed by atoms with Crippen molar-refractivity contribution in [3.8, 4) is 0 Å². The number of nitrogens with zero attached hydrogens (tertiary/aromatic N) is 2. The highest BCUT2D eigenvalue weighted by molar-refractivity contribution is 6.30. The summed E-state index contributed by atoms with van der Waals surface area (Å²) in [6, 6.07) is 12.5. The first-order valence-corrected chi connectivity index (χ1v) is 7.93. The standard InChI is InChI=1S/C17H14ClN3O4/c18-12-4-6-13(7-5-12)19-17(23)11-8-16(22)20(10-11)14-2-1-3-15(9-14)21(24)25/h1-7,9,11H,8,10H2,(H,19,23)/t11-/m1/s1. The fourth-order valence-corrected chi connectivity index (χ4v) is 2.81. The Labute approximate surface area is 148 Å². The first-order chi connectivity index (χ1) is 11.9. The molecule has 0 bridgehead atoms. The minimum Gasteiger partial charge on any atom is -0.326 e. The normalized spacial score (nSPS) is 16.8. The van der Waals surface area contributed by atoms with E-state index in [9.17, 15) is 19.7 Å². The molecule has 1 saturated heterocycles. The van der Waals surface area contributed by atoms with E-state index in [2.05, 4.69) is 5.32 Å². The molecule has 1 heterocycles. The summed E-state index contributed by atoms with van der Waals surface area (Å²) in [5.74, 6) is -1.04. The molecular weight excluding hydrogens is 346 g/mol. The fraction of sp³-hybridized carbons (Fsp3) is 0.176. The predicted octanol–water partition coefficient (Wildman–Crippen LogP) is 3.24. The molecule has 3 rings (SSSR count). The molecule has 2 aromatic carbocycles. The molecule has 0 aliphatic carbocycles. The number of carbonyl (C=O) groups is 2. The van der Waals surface area contributed by atoms with Gasteiger partial charge in [-0.1, -0.05) is 17.7 Å². The van der Waals surface area contributed by atoms with Crippen LogP contribution in [0.4, 0.5) is 17.1 Å². The van der Waals surface area contributed by atoms with Crippen LogP contribution in [0.15, 0.2) is 48.5 Å². The summed E-state index contributed by atoms with van der Waals surface area (Å²) < 4.78 is 0. The number of halogens is 1. The summed E-state index contributed by atoms with van der Waals surface area (Å²) in [6.45, 7) is 0.180. The molecule has 25 heavy (non-hydrogen) atoms. The van der Waals surface area contributed by atoms with E-state index in [-0.39, 0.29) is 30.5 Å². The minimum absolute atomic E-state index is 0.0577. The molecule has 7 nitrogen and oxygen atoms in total. The van der Waals surface area contributed by atoms with Crippen LogP contribution in [0.25, 0.3) is 0 Å². The van der Waals surface area contributed by atoms with Gasteiger partial charge in [0.05, 0.1) is 16.5 Å². The molecule has 0 radical (unpaired) electrons. The van der Waals surface area contributed by atoms with Gasteiger partial charge in [0, 0.05) is 35.8 Å². The molecule has 0 spiro atoms. The first kappa shape index (κ1) is 16.9. The number of nitro benzene ring substituents is 1. The Morgan fingerprint density at radius 1 is 1.24 bits per heavy atom. The summed E-state index contributed by atoms with van der Waals surface area (Å²) in [5.41, 5.74) is 0.913. The van der Waals surface area contributed by atoms with Gasteiger partial charge in [-0.05, 0) is 30.3 Å². The lowest BCUT2D eigenvalue weighted by Gasteiger charge is -2.16. The number of hydrogen-bond donors (Lipinski definition) is 1. The smallest absolute Gasteiger partial charge is 0.271 e. The molecule has 1 fully saturated rings. The molecule has 1 aliphatic heterocycles. The average molecular weight is 360 g/mol. The van der Waals surface area contributed by atoms with E-state index in [1.807, 2.05) is 0 Å². The van der Waals surface area contributed by atoms with E-state index in [4.69, 9.17) is 11.6 Å². The van der Waals surface area contributed by atoms with Gasteiger partial charge >= 0.3 is 0 Å². The molecule has 2 aromatic rings. The lowest BCUT2D eigenvalue weighted by atomic mass is 10.1. The van der Waals surface area contributed by atoms with Gasteiger partial charge in [0.15, 0.2) is 0 Å². The summed E-state index contributed by atoms with van der Waals surface area (Å²) in [4.78, 5) is 36.4. The number of non-ortho nitro benzene ring substituents is 1. The van der Waals surface area contributed by atoms with Crippen molar-refractivity contribution in [1.82, 2.24) is 0 Å². The minimum atomic E-state index is -0.526. The summed E-state index contributed by atoms with van der Waals surface area (Å²) in [7, 11) is 0. The van der Waals surface area contributed by atoms with E-state index >= 15 is 0 Å². The van der Waals surface area contributed by atoms with Gasteiger partial charge in [-0.3, -0.25) is 19.7 Å². The molecule has 8 heteroatoms. The third kappa shape index (κ3) is 3.77. The van der Waals surface area contributed by atoms with Crippen LogP contribution in [0, 0.1) is 16.0 Å². The molecule has 1 atom stereocenters. The Balaban J connectivity index is 1.71. The van der Waals surface area contributed by atoms with Crippen molar-refractivity contribution in [3.05, 3.63) is 63.7 Å². The van der Waals surface area contributed by atoms with Crippen molar-refractivity contribution < 1.29 is 14.5 Å². The number of benzene rings is 2. The van der Waals surface area contributed by atoms with Crippen LogP contribution in [0.5, 0.6) is 0 Å². The Hall–Kier alpha value is -2.93. The van der Waals surface area contributed by atoms with Crippen LogP contribution in [0.3, 0.4) is 0 Å². The van der Waals surface area contributed by atoms with Crippen LogP contribution in [-0.4, -0.2) is 23.3 Å². The Morgan fingerprint density at radius 2 is 1.96 bits per heavy atom. The summed E-state index contributed by atoms with van der Waals surface area (Å²) in [5, 5.41) is 14.2. The Kier molecular flexibility index (Phi) is 4.67. The molecule has 2 amide bonds. The van der Waals surface area contributed by atoms with Crippen molar-refractivity contribution in [2.24, 2.45) is 5.92 Å². The van der Waals surface area contributed by atoms with Gasteiger partial charge in [-0.15, -0.1) is 0 Å². The maximum absolute atomic E-state index is 12.4. The lowest BCUT2D eigenvalue weighted by molar-refractivity contribution is -0.384. The number of amides is 2. The van der Waals surface area contributed by atoms with Crippen LogP contribution in [0.2, 0.25) is 5.02 Å². The van der Waals surface area contributed by atoms with E-state index in [0.717, 1.165) is 0 Å². The zero-order chi connectivity index (χ0) is 18.0. The maximum atomic E-state index is 12.4. The lowest BCUT2D eigenvalue weighted by Crippen LogP contribution is -2.28. The number of carbonyl (C=O) groups excluding carboxylic acids is 2. The van der Waals surface area contributed by atoms with Gasteiger partial charge < -0.3 is 10.2 Å². The highest BCUT2D eigenvalue weighted by Gasteiger charge is 2.35. The zero-order valence-corrected chi connectivity index (χ0v) is 13.8. The van der Waals surface area contributed by atoms with E-state index in [0.29, 0.717) is 16.4 Å². The topological polar surface area (TPSA) is 92.6 Å². The largest absolute Gasteiger partial charge is 0.326 e. The van der Waals surface area contributed by atoms with E-state index in [1.165, 1.54) is 23.1 Å². The third-order valence-corrected chi connectivity index (χ3v) is 4.21. The van der Waals surface area contributed by atoms with Gasteiger partial charge in [-0.2, -0.15) is 0 Å². The van der Waals surface area contributed by atoms with Crippen LogP contribution in [-0.2, 0) is 9.59 Å². The number of hydrogen-bond acceptors (Lipinski definition) is 4. The van der Waals surface area contributed by atoms with Crippen LogP contribution in [0.1, 0.15) is 6.42 Å². The van der Waals surface area contributed by atoms with Crippen LogP contribution >= 0.6 is 11.6 Å². The monoisotopic (exact) mass is 359 g/mol. The van der Waals surface area contributed by atoms with Crippen molar-refractivity contribution in [2.45, 2.75) is 6.42 Å². The number of anilines is 2. The predicted molar refractivity (Wildman–Crippen MR) is 93.6 cm³/mol. The molecule has 128 valence electrons. The second kappa shape index (κ2) is 6.90. The van der Waals surface area contributed by atoms with Crippen molar-refractivity contribution in [3.63, 3.8) is 0 Å². The quantitative estimate of drug-likeness (QED) is 0.670. The van der Waals surface area contributed by atoms with Gasteiger partial charge in [0.1, 0.15) is 0 Å². The third-order valence-electron chi connectivity index (χ3n) is 3.96. The molecular formula is C17H14ClN3O4. The van der Waals surface area contributed by atoms with Gasteiger partial charge in [0.2, 0.25) is 11.8 Å². The first-order valence-electron chi connectivity index (χ1n) is 7.55. The fourth-order valence-electron chi connectivity index (χ4n) is 2.68. The molecule has 0 saturated carbocycles. The summed E-state index contributed by atoms with van der Waals surface area (Å²) in [6.07, 6.45) is 0.0577. The maximum Gasteiger partial charge on any atom is 0.271 e. The number of rotatable bonds is 4. The zero-order valence-electron chi connectivity index (χ0n) is 13.0.